The maximum absolute atomic E-state index is 13.4. The zero-order valence-corrected chi connectivity index (χ0v) is 66.6. The minimum absolute atomic E-state index is 0.0274. The molecule has 0 aromatic heterocycles. The van der Waals surface area contributed by atoms with Gasteiger partial charge in [0.1, 0.15) is 0 Å². The van der Waals surface area contributed by atoms with Crippen molar-refractivity contribution in [1.82, 2.24) is 0 Å². The molecule has 0 spiro atoms. The fraction of sp³-hybridized carbons (Fsp3) is 0.922. The van der Waals surface area contributed by atoms with Crippen LogP contribution in [0.1, 0.15) is 60.8 Å². The topological polar surface area (TPSA) is 190 Å². The monoisotopic (exact) mass is 1400 g/mol. The first-order valence-electron chi connectivity index (χ1n) is 29.2. The second kappa shape index (κ2) is 43.4. The molecule has 84 heavy (non-hydrogen) atoms. The highest BCUT2D eigenvalue weighted by atomic mass is 28.5. The average molecular weight is 1400 g/mol. The van der Waals surface area contributed by atoms with Gasteiger partial charge in [-0.2, -0.15) is 26.3 Å². The number of halogens is 6. The third kappa shape index (κ3) is 58.9. The van der Waals surface area contributed by atoms with E-state index in [1.807, 2.05) is 112 Å². The molecule has 33 heteroatoms. The molecule has 0 saturated heterocycles. The number of hydrogen-bond donors (Lipinski definition) is 3. The second-order valence-electron chi connectivity index (χ2n) is 25.1. The lowest BCUT2D eigenvalue weighted by molar-refractivity contribution is -0.132. The van der Waals surface area contributed by atoms with Crippen LogP contribution >= 0.6 is 0 Å². The van der Waals surface area contributed by atoms with Crippen LogP contribution in [0.15, 0.2) is 25.8 Å². The summed E-state index contributed by atoms with van der Waals surface area (Å²) in [6.07, 6.45) is -9.45. The largest absolute Gasteiger partial charge is 0.440 e. The van der Waals surface area contributed by atoms with Crippen LogP contribution < -0.4 is 0 Å². The maximum Gasteiger partial charge on any atom is 0.389 e. The Bertz CT molecular complexity index is 1660. The number of ether oxygens (including phenoxy) is 6. The predicted molar refractivity (Wildman–Crippen MR) is 350 cm³/mol. The van der Waals surface area contributed by atoms with Gasteiger partial charge in [0.2, 0.25) is 8.32 Å². The molecule has 0 bridgehead atoms. The first-order valence-corrected chi connectivity index (χ1v) is 57.3. The Balaban J connectivity index is -0.000000693. The molecule has 0 fully saturated rings. The molecule has 0 aromatic rings. The van der Waals surface area contributed by atoms with E-state index in [0.717, 1.165) is 12.5 Å². The van der Waals surface area contributed by atoms with Gasteiger partial charge in [-0.15, -0.1) is 19.7 Å². The van der Waals surface area contributed by atoms with Crippen molar-refractivity contribution < 1.29 is 103 Å². The van der Waals surface area contributed by atoms with Gasteiger partial charge in [0.25, 0.3) is 0 Å². The van der Waals surface area contributed by atoms with Gasteiger partial charge in [0.15, 0.2) is 26.4 Å². The normalized spacial score (nSPS) is 16.3. The Labute approximate surface area is 517 Å². The summed E-state index contributed by atoms with van der Waals surface area (Å²) in [5.41, 5.74) is 0. The summed E-state index contributed by atoms with van der Waals surface area (Å²) in [5, 5.41) is 27.6. The first kappa shape index (κ1) is 91.0. The van der Waals surface area contributed by atoms with E-state index in [1.165, 1.54) is 0 Å². The minimum Gasteiger partial charge on any atom is -0.440 e. The molecule has 0 amide bonds. The lowest BCUT2D eigenvalue weighted by Gasteiger charge is -2.44. The molecule has 0 aliphatic carbocycles. The number of aliphatic hydroxyl groups excluding tert-OH is 3. The van der Waals surface area contributed by atoms with Gasteiger partial charge in [0, 0.05) is 19.4 Å². The van der Waals surface area contributed by atoms with Crippen LogP contribution in [-0.2, 0) is 61.3 Å². The molecular formula is C51H120F6O17Si10. The highest BCUT2D eigenvalue weighted by molar-refractivity contribution is 6.91. The molecule has 7 atom stereocenters. The summed E-state index contributed by atoms with van der Waals surface area (Å²) in [6.45, 7) is 58.1. The van der Waals surface area contributed by atoms with Gasteiger partial charge in [-0.3, -0.25) is 0 Å². The van der Waals surface area contributed by atoms with Gasteiger partial charge < -0.3 is 76.7 Å². The Morgan fingerprint density at radius 2 is 0.750 bits per heavy atom. The van der Waals surface area contributed by atoms with E-state index in [4.69, 9.17) is 66.4 Å². The lowest BCUT2D eigenvalue weighted by Crippen LogP contribution is -2.60. The van der Waals surface area contributed by atoms with Crippen LogP contribution in [0, 0.1) is 0 Å². The molecular weight excluding hydrogens is 1280 g/mol. The third-order valence-electron chi connectivity index (χ3n) is 10.3. The number of alkyl halides is 6. The minimum atomic E-state index is -4.35. The van der Waals surface area contributed by atoms with Gasteiger partial charge >= 0.3 is 63.7 Å². The Hall–Kier alpha value is 0.549. The van der Waals surface area contributed by atoms with Crippen molar-refractivity contribution in [2.24, 2.45) is 0 Å². The zero-order chi connectivity index (χ0) is 66.8. The molecule has 0 aliphatic heterocycles. The van der Waals surface area contributed by atoms with Crippen LogP contribution in [0.25, 0.3) is 0 Å². The Kier molecular flexibility index (Phi) is 47.0. The third-order valence-corrected chi connectivity index (χ3v) is 46.5. The molecule has 0 rings (SSSR count). The highest BCUT2D eigenvalue weighted by Crippen LogP contribution is 2.35. The van der Waals surface area contributed by atoms with E-state index in [-0.39, 0.29) is 43.6 Å². The first-order chi connectivity index (χ1) is 37.8. The molecule has 17 nitrogen and oxygen atoms in total. The lowest BCUT2D eigenvalue weighted by atomic mass is 10.4. The van der Waals surface area contributed by atoms with E-state index >= 15 is 0 Å². The fourth-order valence-corrected chi connectivity index (χ4v) is 53.5. The Morgan fingerprint density at radius 1 is 0.440 bits per heavy atom. The van der Waals surface area contributed by atoms with Gasteiger partial charge in [-0.25, -0.2) is 0 Å². The molecule has 0 radical (unpaired) electrons. The van der Waals surface area contributed by atoms with Crippen LogP contribution in [0.3, 0.4) is 0 Å². The maximum atomic E-state index is 13.4. The summed E-state index contributed by atoms with van der Waals surface area (Å²) in [4.78, 5) is 0. The quantitative estimate of drug-likeness (QED) is 0.0226. The van der Waals surface area contributed by atoms with E-state index in [2.05, 4.69) is 32.8 Å². The number of aliphatic hydroxyl groups is 3. The van der Waals surface area contributed by atoms with Crippen molar-refractivity contribution in [2.75, 3.05) is 59.1 Å². The van der Waals surface area contributed by atoms with Gasteiger partial charge in [0.05, 0.1) is 89.1 Å². The molecule has 0 saturated carbocycles. The number of rotatable bonds is 43. The van der Waals surface area contributed by atoms with Crippen LogP contribution in [-0.4, -0.2) is 209 Å². The molecule has 0 aliphatic rings. The molecule has 7 unspecified atom stereocenters. The van der Waals surface area contributed by atoms with Gasteiger partial charge in [-0.05, 0) is 184 Å². The molecule has 0 aromatic carbocycles. The van der Waals surface area contributed by atoms with Crippen LogP contribution in [0.4, 0.5) is 26.3 Å². The zero-order valence-electron chi connectivity index (χ0n) is 56.2. The molecule has 0 heterocycles. The standard InChI is InChI=1S/C28H65F3O10Si5.C12H33F3O4Si5.C9H18O3.C2H4/c1-24(32)19-36-26(3)21-34-16-14-17-42(5,6)38-44(9,10)40-46(13,18-15-28(29,30)31)41-45(11,12)39-43(7,8)23-35-22-27(4)37-20-25(2)33;1-20(2)16-22(5,6)18-24(9,11-10-12(13,14)15)19-23(7,8)17-21(3)4;1-4-5-11-7-9(3)12-6-8(2)10;1-2/h24-27,32-33H,14-23H2,1-13H3;20-21H,10-11H2,1-9H3;4,8-10H,1,5-7H2,2-3H3;1-2H2. The van der Waals surface area contributed by atoms with Crippen molar-refractivity contribution in [3.8, 4) is 0 Å². The van der Waals surface area contributed by atoms with E-state index in [9.17, 15) is 36.6 Å². The van der Waals surface area contributed by atoms with Crippen molar-refractivity contribution >= 4 is 86.1 Å². The fourth-order valence-electron chi connectivity index (χ4n) is 8.39. The summed E-state index contributed by atoms with van der Waals surface area (Å²) < 4.78 is 162. The van der Waals surface area contributed by atoms with Gasteiger partial charge in [-0.1, -0.05) is 6.08 Å². The molecule has 508 valence electrons. The van der Waals surface area contributed by atoms with E-state index in [1.54, 1.807) is 39.9 Å². The van der Waals surface area contributed by atoms with Crippen molar-refractivity contribution in [3.05, 3.63) is 25.8 Å². The summed E-state index contributed by atoms with van der Waals surface area (Å²) >= 11 is 0. The Morgan fingerprint density at radius 3 is 1.06 bits per heavy atom. The summed E-state index contributed by atoms with van der Waals surface area (Å²) in [5.74, 6) is 0. The number of hydrogen-bond acceptors (Lipinski definition) is 17. The highest BCUT2D eigenvalue weighted by Gasteiger charge is 2.50. The average Bonchev–Trinajstić information content (AvgIpc) is 3.26. The predicted octanol–water partition coefficient (Wildman–Crippen LogP) is 12.6. The summed E-state index contributed by atoms with van der Waals surface area (Å²) in [7, 11) is -24.8. The second-order valence-corrected chi connectivity index (χ2v) is 60.6. The molecule has 3 N–H and O–H groups in total. The van der Waals surface area contributed by atoms with E-state index in [0.29, 0.717) is 45.9 Å². The van der Waals surface area contributed by atoms with Crippen LogP contribution in [0.5, 0.6) is 0 Å². The SMILES string of the molecule is C=C.C=CCOCC(C)OCC(C)O.CC(O)COC(C)COCCC[Si](C)(C)O[Si](C)(C)O[Si](C)(CCC(F)(F)F)O[Si](C)(C)O[Si](C)(C)COCC(C)OCC(C)O.C[SiH](C)O[Si](C)(C)O[Si](C)(CCC(F)(F)F)O[Si](C)(C)O[SiH](C)C. The van der Waals surface area contributed by atoms with Crippen molar-refractivity contribution in [1.29, 1.82) is 0 Å². The smallest absolute Gasteiger partial charge is 0.389 e. The summed E-state index contributed by atoms with van der Waals surface area (Å²) in [6, 6.07) is 0.413. The van der Waals surface area contributed by atoms with Crippen molar-refractivity contribution in [2.45, 2.75) is 246 Å². The van der Waals surface area contributed by atoms with Crippen molar-refractivity contribution in [3.63, 3.8) is 0 Å². The van der Waals surface area contributed by atoms with E-state index < -0.39 is 130 Å². The van der Waals surface area contributed by atoms with Crippen LogP contribution in [0.2, 0.25) is 136 Å².